The average molecular weight is 204 g/mol. The Hall–Kier alpha value is -1.84. The summed E-state index contributed by atoms with van der Waals surface area (Å²) < 4.78 is 0. The van der Waals surface area contributed by atoms with Crippen LogP contribution in [0.2, 0.25) is 0 Å². The van der Waals surface area contributed by atoms with E-state index in [0.29, 0.717) is 6.42 Å². The molecule has 1 atom stereocenters. The first kappa shape index (κ1) is 9.71. The Morgan fingerprint density at radius 3 is 2.47 bits per heavy atom. The molecule has 0 bridgehead atoms. The van der Waals surface area contributed by atoms with Crippen molar-refractivity contribution in [2.75, 3.05) is 0 Å². The zero-order valence-corrected chi connectivity index (χ0v) is 8.19. The maximum atomic E-state index is 11.2. The first-order valence-electron chi connectivity index (χ1n) is 4.91. The Balaban J connectivity index is 1.89. The highest BCUT2D eigenvalue weighted by Gasteiger charge is 2.28. The fourth-order valence-electron chi connectivity index (χ4n) is 1.62. The number of benzene rings is 1. The highest BCUT2D eigenvalue weighted by molar-refractivity contribution is 6.04. The molecule has 15 heavy (non-hydrogen) atoms. The minimum Gasteiger partial charge on any atom is -0.326 e. The molecule has 2 rings (SSSR count). The second-order valence-corrected chi connectivity index (χ2v) is 3.54. The molecule has 0 radical (unpaired) electrons. The van der Waals surface area contributed by atoms with Crippen LogP contribution < -0.4 is 10.6 Å². The average Bonchev–Trinajstić information content (AvgIpc) is 2.56. The summed E-state index contributed by atoms with van der Waals surface area (Å²) in [5, 5.41) is 4.79. The Labute approximate surface area is 87.7 Å². The predicted octanol–water partition coefficient (Wildman–Crippen LogP) is 0.827. The summed E-state index contributed by atoms with van der Waals surface area (Å²) >= 11 is 0. The summed E-state index contributed by atoms with van der Waals surface area (Å²) in [6.45, 7) is 0. The molecule has 3 amide bonds. The number of imide groups is 1. The number of rotatable bonds is 3. The Morgan fingerprint density at radius 1 is 1.13 bits per heavy atom. The molecular formula is C11H12N2O2. The van der Waals surface area contributed by atoms with Crippen molar-refractivity contribution in [2.45, 2.75) is 18.9 Å². The lowest BCUT2D eigenvalue weighted by atomic mass is 10.1. The molecular weight excluding hydrogens is 192 g/mol. The van der Waals surface area contributed by atoms with Crippen LogP contribution in [0, 0.1) is 0 Å². The Bertz CT molecular complexity index is 375. The molecule has 1 fully saturated rings. The van der Waals surface area contributed by atoms with E-state index in [2.05, 4.69) is 10.6 Å². The second kappa shape index (κ2) is 4.13. The largest absolute Gasteiger partial charge is 0.326 e. The standard InChI is InChI=1S/C11H12N2O2/c14-10-9(12-11(15)13-10)7-6-8-4-2-1-3-5-8/h1-5,9H,6-7H2,(H2,12,13,14,15)/t9-/m1/s1. The molecule has 1 aromatic rings. The third-order valence-corrected chi connectivity index (χ3v) is 2.42. The van der Waals surface area contributed by atoms with Crippen molar-refractivity contribution in [1.29, 1.82) is 0 Å². The molecule has 0 saturated carbocycles. The summed E-state index contributed by atoms with van der Waals surface area (Å²) in [4.78, 5) is 22.0. The van der Waals surface area contributed by atoms with Crippen LogP contribution in [-0.4, -0.2) is 18.0 Å². The van der Waals surface area contributed by atoms with E-state index in [4.69, 9.17) is 0 Å². The van der Waals surface area contributed by atoms with Gasteiger partial charge in [0.1, 0.15) is 6.04 Å². The number of carbonyl (C=O) groups is 2. The lowest BCUT2D eigenvalue weighted by Crippen LogP contribution is -2.29. The monoisotopic (exact) mass is 204 g/mol. The molecule has 0 aromatic heterocycles. The lowest BCUT2D eigenvalue weighted by Gasteiger charge is -2.06. The van der Waals surface area contributed by atoms with Crippen molar-refractivity contribution >= 4 is 11.9 Å². The minimum atomic E-state index is -0.391. The van der Waals surface area contributed by atoms with Gasteiger partial charge in [0.25, 0.3) is 5.91 Å². The van der Waals surface area contributed by atoms with E-state index in [1.807, 2.05) is 30.3 Å². The van der Waals surface area contributed by atoms with Crippen LogP contribution in [0.3, 0.4) is 0 Å². The third kappa shape index (κ3) is 2.34. The van der Waals surface area contributed by atoms with Crippen molar-refractivity contribution in [2.24, 2.45) is 0 Å². The molecule has 1 aliphatic heterocycles. The van der Waals surface area contributed by atoms with Crippen molar-refractivity contribution in [3.8, 4) is 0 Å². The van der Waals surface area contributed by atoms with E-state index in [9.17, 15) is 9.59 Å². The molecule has 0 unspecified atom stereocenters. The van der Waals surface area contributed by atoms with Crippen LogP contribution in [0.5, 0.6) is 0 Å². The van der Waals surface area contributed by atoms with Gasteiger partial charge in [-0.15, -0.1) is 0 Å². The maximum absolute atomic E-state index is 11.2. The molecule has 1 heterocycles. The number of urea groups is 1. The molecule has 78 valence electrons. The molecule has 1 aliphatic rings. The van der Waals surface area contributed by atoms with E-state index in [0.717, 1.165) is 6.42 Å². The first-order chi connectivity index (χ1) is 7.25. The predicted molar refractivity (Wildman–Crippen MR) is 55.2 cm³/mol. The van der Waals surface area contributed by atoms with E-state index < -0.39 is 6.03 Å². The van der Waals surface area contributed by atoms with E-state index >= 15 is 0 Å². The number of amides is 3. The molecule has 4 heteroatoms. The molecule has 1 aromatic carbocycles. The normalized spacial score (nSPS) is 19.9. The van der Waals surface area contributed by atoms with Crippen molar-refractivity contribution in [3.63, 3.8) is 0 Å². The van der Waals surface area contributed by atoms with Crippen LogP contribution in [0.4, 0.5) is 4.79 Å². The molecule has 0 spiro atoms. The fraction of sp³-hybridized carbons (Fsp3) is 0.273. The Morgan fingerprint density at radius 2 is 1.87 bits per heavy atom. The summed E-state index contributed by atoms with van der Waals surface area (Å²) in [5.41, 5.74) is 1.17. The van der Waals surface area contributed by atoms with Crippen LogP contribution >= 0.6 is 0 Å². The van der Waals surface area contributed by atoms with Gasteiger partial charge in [-0.2, -0.15) is 0 Å². The molecule has 4 nitrogen and oxygen atoms in total. The summed E-state index contributed by atoms with van der Waals surface area (Å²) in [6.07, 6.45) is 1.43. The van der Waals surface area contributed by atoms with Gasteiger partial charge < -0.3 is 5.32 Å². The Kier molecular flexibility index (Phi) is 2.67. The van der Waals surface area contributed by atoms with Gasteiger partial charge in [0.2, 0.25) is 0 Å². The van der Waals surface area contributed by atoms with Gasteiger partial charge >= 0.3 is 6.03 Å². The van der Waals surface area contributed by atoms with Gasteiger partial charge in [0, 0.05) is 0 Å². The van der Waals surface area contributed by atoms with Gasteiger partial charge in [0.15, 0.2) is 0 Å². The van der Waals surface area contributed by atoms with Crippen LogP contribution in [-0.2, 0) is 11.2 Å². The number of hydrogen-bond acceptors (Lipinski definition) is 2. The van der Waals surface area contributed by atoms with E-state index in [-0.39, 0.29) is 11.9 Å². The SMILES string of the molecule is O=C1NC(=O)[C@@H](CCc2ccccc2)N1. The number of aryl methyl sites for hydroxylation is 1. The fourth-order valence-corrected chi connectivity index (χ4v) is 1.62. The highest BCUT2D eigenvalue weighted by Crippen LogP contribution is 2.07. The van der Waals surface area contributed by atoms with Gasteiger partial charge in [-0.3, -0.25) is 10.1 Å². The van der Waals surface area contributed by atoms with Gasteiger partial charge in [-0.1, -0.05) is 30.3 Å². The van der Waals surface area contributed by atoms with Crippen LogP contribution in [0.1, 0.15) is 12.0 Å². The summed E-state index contributed by atoms with van der Waals surface area (Å²) in [6, 6.07) is 9.12. The highest BCUT2D eigenvalue weighted by atomic mass is 16.2. The maximum Gasteiger partial charge on any atom is 0.322 e. The minimum absolute atomic E-state index is 0.226. The van der Waals surface area contributed by atoms with Gasteiger partial charge in [0.05, 0.1) is 0 Å². The smallest absolute Gasteiger partial charge is 0.322 e. The summed E-state index contributed by atoms with van der Waals surface area (Å²) in [7, 11) is 0. The topological polar surface area (TPSA) is 58.2 Å². The quantitative estimate of drug-likeness (QED) is 0.716. The van der Waals surface area contributed by atoms with Crippen LogP contribution in [0.15, 0.2) is 30.3 Å². The zero-order valence-electron chi connectivity index (χ0n) is 8.19. The molecule has 1 saturated heterocycles. The second-order valence-electron chi connectivity index (χ2n) is 3.54. The van der Waals surface area contributed by atoms with Gasteiger partial charge in [-0.25, -0.2) is 4.79 Å². The van der Waals surface area contributed by atoms with E-state index in [1.54, 1.807) is 0 Å². The first-order valence-corrected chi connectivity index (χ1v) is 4.91. The number of nitrogens with one attached hydrogen (secondary N) is 2. The van der Waals surface area contributed by atoms with Crippen molar-refractivity contribution in [1.82, 2.24) is 10.6 Å². The van der Waals surface area contributed by atoms with Crippen molar-refractivity contribution in [3.05, 3.63) is 35.9 Å². The number of carbonyl (C=O) groups excluding carboxylic acids is 2. The van der Waals surface area contributed by atoms with Crippen molar-refractivity contribution < 1.29 is 9.59 Å². The zero-order chi connectivity index (χ0) is 10.7. The van der Waals surface area contributed by atoms with Gasteiger partial charge in [-0.05, 0) is 18.4 Å². The molecule has 0 aliphatic carbocycles. The third-order valence-electron chi connectivity index (χ3n) is 2.42. The lowest BCUT2D eigenvalue weighted by molar-refractivity contribution is -0.120. The summed E-state index contributed by atoms with van der Waals surface area (Å²) in [5.74, 6) is -0.226. The van der Waals surface area contributed by atoms with Crippen LogP contribution in [0.25, 0.3) is 0 Å². The number of hydrogen-bond donors (Lipinski definition) is 2. The van der Waals surface area contributed by atoms with E-state index in [1.165, 1.54) is 5.56 Å². The molecule has 2 N–H and O–H groups in total.